The van der Waals surface area contributed by atoms with Gasteiger partial charge in [-0.25, -0.2) is 4.79 Å². The van der Waals surface area contributed by atoms with Crippen molar-refractivity contribution >= 4 is 6.09 Å². The van der Waals surface area contributed by atoms with Crippen LogP contribution in [0, 0.1) is 0 Å². The molecule has 0 aliphatic carbocycles. The van der Waals surface area contributed by atoms with Gasteiger partial charge >= 0.3 is 6.09 Å². The molecule has 2 unspecified atom stereocenters. The third kappa shape index (κ3) is 3.97. The SMILES string of the molecule is CC(CN)c1cnn(C2CCN(C(=O)OC(C)(C)C)C2)c1. The maximum Gasteiger partial charge on any atom is 0.410 e. The molecule has 1 aliphatic heterocycles. The molecule has 0 radical (unpaired) electrons. The minimum atomic E-state index is -0.454. The van der Waals surface area contributed by atoms with Crippen LogP contribution in [-0.2, 0) is 4.74 Å². The van der Waals surface area contributed by atoms with Crippen molar-refractivity contribution in [2.45, 2.75) is 51.7 Å². The fourth-order valence-electron chi connectivity index (χ4n) is 2.39. The molecule has 1 amide bonds. The first kappa shape index (κ1) is 15.8. The molecule has 2 heterocycles. The lowest BCUT2D eigenvalue weighted by atomic mass is 10.1. The zero-order valence-corrected chi connectivity index (χ0v) is 13.4. The van der Waals surface area contributed by atoms with Gasteiger partial charge in [-0.3, -0.25) is 4.68 Å². The van der Waals surface area contributed by atoms with Crippen LogP contribution in [-0.4, -0.2) is 46.0 Å². The summed E-state index contributed by atoms with van der Waals surface area (Å²) >= 11 is 0. The minimum Gasteiger partial charge on any atom is -0.444 e. The van der Waals surface area contributed by atoms with E-state index in [0.29, 0.717) is 25.6 Å². The Labute approximate surface area is 126 Å². The van der Waals surface area contributed by atoms with Gasteiger partial charge < -0.3 is 15.4 Å². The molecule has 0 saturated carbocycles. The number of amides is 1. The Kier molecular flexibility index (Phi) is 4.56. The molecule has 1 aromatic heterocycles. The van der Waals surface area contributed by atoms with E-state index in [-0.39, 0.29) is 12.1 Å². The molecular formula is C15H26N4O2. The predicted octanol–water partition coefficient (Wildman–Crippen LogP) is 2.13. The number of aromatic nitrogens is 2. The Bertz CT molecular complexity index is 492. The van der Waals surface area contributed by atoms with Gasteiger partial charge in [0, 0.05) is 19.3 Å². The van der Waals surface area contributed by atoms with Crippen molar-refractivity contribution in [2.24, 2.45) is 5.73 Å². The number of hydrogen-bond donors (Lipinski definition) is 1. The molecule has 21 heavy (non-hydrogen) atoms. The number of hydrogen-bond acceptors (Lipinski definition) is 4. The standard InChI is InChI=1S/C15H26N4O2/c1-11(7-16)12-8-17-19(9-12)13-5-6-18(10-13)14(20)21-15(2,3)4/h8-9,11,13H,5-7,10,16H2,1-4H3. The fraction of sp³-hybridized carbons (Fsp3) is 0.733. The van der Waals surface area contributed by atoms with E-state index >= 15 is 0 Å². The third-order valence-corrected chi connectivity index (χ3v) is 3.73. The average Bonchev–Trinajstić information content (AvgIpc) is 3.04. The van der Waals surface area contributed by atoms with Crippen LogP contribution in [0.25, 0.3) is 0 Å². The molecule has 2 rings (SSSR count). The summed E-state index contributed by atoms with van der Waals surface area (Å²) in [6.07, 6.45) is 4.57. The first-order valence-electron chi connectivity index (χ1n) is 7.52. The summed E-state index contributed by atoms with van der Waals surface area (Å²) in [5, 5.41) is 4.42. The van der Waals surface area contributed by atoms with Crippen LogP contribution in [0.2, 0.25) is 0 Å². The van der Waals surface area contributed by atoms with Crippen LogP contribution in [0.15, 0.2) is 12.4 Å². The summed E-state index contributed by atoms with van der Waals surface area (Å²) in [4.78, 5) is 13.8. The molecule has 2 atom stereocenters. The van der Waals surface area contributed by atoms with E-state index in [2.05, 4.69) is 12.0 Å². The van der Waals surface area contributed by atoms with Crippen LogP contribution in [0.5, 0.6) is 0 Å². The van der Waals surface area contributed by atoms with Gasteiger partial charge in [-0.1, -0.05) is 6.92 Å². The van der Waals surface area contributed by atoms with Crippen LogP contribution in [0.1, 0.15) is 51.6 Å². The van der Waals surface area contributed by atoms with Crippen molar-refractivity contribution in [1.82, 2.24) is 14.7 Å². The lowest BCUT2D eigenvalue weighted by Gasteiger charge is -2.24. The number of nitrogens with zero attached hydrogens (tertiary/aromatic N) is 3. The molecule has 118 valence electrons. The number of ether oxygens (including phenoxy) is 1. The van der Waals surface area contributed by atoms with Gasteiger partial charge in [0.15, 0.2) is 0 Å². The van der Waals surface area contributed by atoms with Crippen molar-refractivity contribution in [3.8, 4) is 0 Å². The highest BCUT2D eigenvalue weighted by Crippen LogP contribution is 2.24. The second-order valence-electron chi connectivity index (χ2n) is 6.76. The van der Waals surface area contributed by atoms with Gasteiger partial charge in [-0.05, 0) is 45.2 Å². The number of likely N-dealkylation sites (tertiary alicyclic amines) is 1. The molecule has 0 bridgehead atoms. The van der Waals surface area contributed by atoms with Gasteiger partial charge in [0.2, 0.25) is 0 Å². The number of carbonyl (C=O) groups is 1. The number of carbonyl (C=O) groups excluding carboxylic acids is 1. The van der Waals surface area contributed by atoms with Crippen molar-refractivity contribution in [3.05, 3.63) is 18.0 Å². The average molecular weight is 294 g/mol. The highest BCUT2D eigenvalue weighted by molar-refractivity contribution is 5.68. The second kappa shape index (κ2) is 6.05. The molecular weight excluding hydrogens is 268 g/mol. The van der Waals surface area contributed by atoms with Crippen molar-refractivity contribution < 1.29 is 9.53 Å². The zero-order valence-electron chi connectivity index (χ0n) is 13.4. The largest absolute Gasteiger partial charge is 0.444 e. The topological polar surface area (TPSA) is 73.4 Å². The van der Waals surface area contributed by atoms with Crippen LogP contribution in [0.3, 0.4) is 0 Å². The lowest BCUT2D eigenvalue weighted by molar-refractivity contribution is 0.0288. The van der Waals surface area contributed by atoms with Crippen LogP contribution in [0.4, 0.5) is 4.79 Å². The van der Waals surface area contributed by atoms with Crippen molar-refractivity contribution in [3.63, 3.8) is 0 Å². The Morgan fingerprint density at radius 2 is 2.29 bits per heavy atom. The van der Waals surface area contributed by atoms with Gasteiger partial charge in [-0.2, -0.15) is 5.10 Å². The van der Waals surface area contributed by atoms with E-state index in [1.165, 1.54) is 0 Å². The molecule has 6 nitrogen and oxygen atoms in total. The third-order valence-electron chi connectivity index (χ3n) is 3.73. The van der Waals surface area contributed by atoms with Crippen molar-refractivity contribution in [1.29, 1.82) is 0 Å². The van der Waals surface area contributed by atoms with Crippen LogP contribution >= 0.6 is 0 Å². The van der Waals surface area contributed by atoms with E-state index in [4.69, 9.17) is 10.5 Å². The van der Waals surface area contributed by atoms with Gasteiger partial charge in [0.1, 0.15) is 5.60 Å². The maximum absolute atomic E-state index is 12.1. The maximum atomic E-state index is 12.1. The molecule has 1 aliphatic rings. The first-order chi connectivity index (χ1) is 9.80. The summed E-state index contributed by atoms with van der Waals surface area (Å²) in [6.45, 7) is 9.70. The highest BCUT2D eigenvalue weighted by Gasteiger charge is 2.31. The Balaban J connectivity index is 1.96. The molecule has 2 N–H and O–H groups in total. The summed E-state index contributed by atoms with van der Waals surface area (Å²) < 4.78 is 7.36. The normalized spacial score (nSPS) is 20.6. The van der Waals surface area contributed by atoms with E-state index in [1.54, 1.807) is 4.90 Å². The minimum absolute atomic E-state index is 0.219. The van der Waals surface area contributed by atoms with Gasteiger partial charge in [0.25, 0.3) is 0 Å². The van der Waals surface area contributed by atoms with E-state index in [1.807, 2.05) is 37.8 Å². The quantitative estimate of drug-likeness (QED) is 0.926. The Morgan fingerprint density at radius 1 is 1.57 bits per heavy atom. The summed E-state index contributed by atoms with van der Waals surface area (Å²) in [5.74, 6) is 0.308. The summed E-state index contributed by atoms with van der Waals surface area (Å²) in [7, 11) is 0. The summed E-state index contributed by atoms with van der Waals surface area (Å²) in [5.41, 5.74) is 6.37. The molecule has 1 fully saturated rings. The van der Waals surface area contributed by atoms with Crippen LogP contribution < -0.4 is 5.73 Å². The lowest BCUT2D eigenvalue weighted by Crippen LogP contribution is -2.35. The molecule has 0 aromatic carbocycles. The predicted molar refractivity (Wildman–Crippen MR) is 81.2 cm³/mol. The number of rotatable bonds is 3. The van der Waals surface area contributed by atoms with Gasteiger partial charge in [0.05, 0.1) is 12.2 Å². The van der Waals surface area contributed by atoms with Crippen molar-refractivity contribution in [2.75, 3.05) is 19.6 Å². The van der Waals surface area contributed by atoms with E-state index in [0.717, 1.165) is 12.0 Å². The second-order valence-corrected chi connectivity index (χ2v) is 6.76. The highest BCUT2D eigenvalue weighted by atomic mass is 16.6. The Hall–Kier alpha value is -1.56. The molecule has 1 saturated heterocycles. The monoisotopic (exact) mass is 294 g/mol. The van der Waals surface area contributed by atoms with E-state index in [9.17, 15) is 4.79 Å². The molecule has 6 heteroatoms. The van der Waals surface area contributed by atoms with Gasteiger partial charge in [-0.15, -0.1) is 0 Å². The summed E-state index contributed by atoms with van der Waals surface area (Å²) in [6, 6.07) is 0.219. The number of nitrogens with two attached hydrogens (primary N) is 1. The first-order valence-corrected chi connectivity index (χ1v) is 7.52. The Morgan fingerprint density at radius 3 is 2.90 bits per heavy atom. The fourth-order valence-corrected chi connectivity index (χ4v) is 2.39. The zero-order chi connectivity index (χ0) is 15.6. The molecule has 0 spiro atoms. The smallest absolute Gasteiger partial charge is 0.410 e. The molecule has 1 aromatic rings. The van der Waals surface area contributed by atoms with E-state index < -0.39 is 5.60 Å².